The molecule has 100 valence electrons. The highest BCUT2D eigenvalue weighted by molar-refractivity contribution is 9.10. The lowest BCUT2D eigenvalue weighted by molar-refractivity contribution is -0.116. The Kier molecular flexibility index (Phi) is 5.02. The molecule has 1 aromatic rings. The molecule has 0 unspecified atom stereocenters. The maximum absolute atomic E-state index is 11.2. The fourth-order valence-corrected chi connectivity index (χ4v) is 2.41. The van der Waals surface area contributed by atoms with Gasteiger partial charge in [-0.2, -0.15) is 0 Å². The fourth-order valence-electron chi connectivity index (χ4n) is 1.80. The molecule has 18 heavy (non-hydrogen) atoms. The summed E-state index contributed by atoms with van der Waals surface area (Å²) in [6.07, 6.45) is 0. The second kappa shape index (κ2) is 6.09. The van der Waals surface area contributed by atoms with Crippen molar-refractivity contribution in [2.75, 3.05) is 23.7 Å². The molecule has 0 fully saturated rings. The number of hydrogen-bond donors (Lipinski definition) is 2. The third-order valence-corrected chi connectivity index (χ3v) is 3.24. The van der Waals surface area contributed by atoms with Crippen molar-refractivity contribution in [3.8, 4) is 0 Å². The van der Waals surface area contributed by atoms with Gasteiger partial charge in [0.05, 0.1) is 12.2 Å². The van der Waals surface area contributed by atoms with Gasteiger partial charge in [-0.1, -0.05) is 13.8 Å². The highest BCUT2D eigenvalue weighted by Crippen LogP contribution is 2.31. The Hall–Kier alpha value is -1.23. The Morgan fingerprint density at radius 2 is 2.06 bits per heavy atom. The Labute approximate surface area is 116 Å². The molecule has 0 heterocycles. The lowest BCUT2D eigenvalue weighted by Gasteiger charge is -2.27. The lowest BCUT2D eigenvalue weighted by Crippen LogP contribution is -2.36. The van der Waals surface area contributed by atoms with E-state index >= 15 is 0 Å². The van der Waals surface area contributed by atoms with Crippen LogP contribution in [0.25, 0.3) is 0 Å². The molecule has 0 aromatic heterocycles. The molecule has 0 atom stereocenters. The van der Waals surface area contributed by atoms with Crippen LogP contribution in [0, 0.1) is 12.8 Å². The van der Waals surface area contributed by atoms with Gasteiger partial charge < -0.3 is 16.4 Å². The molecule has 1 aromatic carbocycles. The van der Waals surface area contributed by atoms with Gasteiger partial charge in [-0.05, 0) is 46.5 Å². The Bertz CT molecular complexity index is 446. The van der Waals surface area contributed by atoms with Gasteiger partial charge in [0.2, 0.25) is 5.91 Å². The number of amides is 1. The van der Waals surface area contributed by atoms with Gasteiger partial charge in [0.15, 0.2) is 0 Å². The van der Waals surface area contributed by atoms with Crippen LogP contribution in [-0.4, -0.2) is 19.0 Å². The first-order valence-electron chi connectivity index (χ1n) is 5.90. The summed E-state index contributed by atoms with van der Waals surface area (Å²) in [4.78, 5) is 13.1. The monoisotopic (exact) mass is 313 g/mol. The number of nitrogens with zero attached hydrogens (tertiary/aromatic N) is 1. The molecule has 0 aliphatic rings. The molecule has 4 nitrogen and oxygen atoms in total. The van der Waals surface area contributed by atoms with Crippen LogP contribution < -0.4 is 16.4 Å². The zero-order valence-electron chi connectivity index (χ0n) is 11.0. The van der Waals surface area contributed by atoms with Gasteiger partial charge in [-0.3, -0.25) is 4.79 Å². The predicted octanol–water partition coefficient (Wildman–Crippen LogP) is 2.29. The molecule has 1 rings (SSSR count). The number of primary amides is 1. The first-order chi connectivity index (χ1) is 8.31. The number of halogens is 1. The van der Waals surface area contributed by atoms with E-state index in [2.05, 4.69) is 29.8 Å². The van der Waals surface area contributed by atoms with Crippen LogP contribution in [0.1, 0.15) is 19.4 Å². The average molecular weight is 314 g/mol. The number of hydrogen-bond acceptors (Lipinski definition) is 3. The molecule has 0 bridgehead atoms. The van der Waals surface area contributed by atoms with Crippen molar-refractivity contribution in [3.05, 3.63) is 22.2 Å². The molecule has 5 heteroatoms. The minimum Gasteiger partial charge on any atom is -0.398 e. The summed E-state index contributed by atoms with van der Waals surface area (Å²) in [6.45, 7) is 7.13. The van der Waals surface area contributed by atoms with Crippen LogP contribution in [-0.2, 0) is 4.79 Å². The maximum Gasteiger partial charge on any atom is 0.236 e. The topological polar surface area (TPSA) is 72.3 Å². The summed E-state index contributed by atoms with van der Waals surface area (Å²) in [5, 5.41) is 0. The SMILES string of the molecule is Cc1cc(N(CC(N)=O)CC(C)C)c(Br)cc1N. The van der Waals surface area contributed by atoms with Gasteiger partial charge in [0.25, 0.3) is 0 Å². The summed E-state index contributed by atoms with van der Waals surface area (Å²) >= 11 is 3.49. The molecular formula is C13H20BrN3O. The number of anilines is 2. The number of nitrogen functional groups attached to an aromatic ring is 1. The van der Waals surface area contributed by atoms with Crippen LogP contribution in [0.4, 0.5) is 11.4 Å². The van der Waals surface area contributed by atoms with Crippen LogP contribution in [0.3, 0.4) is 0 Å². The van der Waals surface area contributed by atoms with Crippen molar-refractivity contribution in [1.29, 1.82) is 0 Å². The summed E-state index contributed by atoms with van der Waals surface area (Å²) < 4.78 is 0.882. The van der Waals surface area contributed by atoms with E-state index in [-0.39, 0.29) is 12.5 Å². The number of aryl methyl sites for hydroxylation is 1. The largest absolute Gasteiger partial charge is 0.398 e. The fraction of sp³-hybridized carbons (Fsp3) is 0.462. The van der Waals surface area contributed by atoms with E-state index in [0.29, 0.717) is 5.92 Å². The van der Waals surface area contributed by atoms with Crippen molar-refractivity contribution in [3.63, 3.8) is 0 Å². The Morgan fingerprint density at radius 1 is 1.44 bits per heavy atom. The molecule has 0 saturated carbocycles. The van der Waals surface area contributed by atoms with Crippen LogP contribution in [0.15, 0.2) is 16.6 Å². The molecule has 0 spiro atoms. The smallest absolute Gasteiger partial charge is 0.236 e. The summed E-state index contributed by atoms with van der Waals surface area (Å²) in [5.74, 6) is 0.103. The van der Waals surface area contributed by atoms with E-state index in [0.717, 1.165) is 28.0 Å². The molecule has 0 saturated heterocycles. The summed E-state index contributed by atoms with van der Waals surface area (Å²) in [5.41, 5.74) is 13.8. The third-order valence-electron chi connectivity index (χ3n) is 2.61. The van der Waals surface area contributed by atoms with Crippen LogP contribution in [0.5, 0.6) is 0 Å². The highest BCUT2D eigenvalue weighted by atomic mass is 79.9. The molecule has 4 N–H and O–H groups in total. The van der Waals surface area contributed by atoms with Crippen molar-refractivity contribution in [2.24, 2.45) is 11.7 Å². The van der Waals surface area contributed by atoms with E-state index in [4.69, 9.17) is 11.5 Å². The van der Waals surface area contributed by atoms with Crippen molar-refractivity contribution >= 4 is 33.2 Å². The maximum atomic E-state index is 11.2. The normalized spacial score (nSPS) is 10.7. The zero-order valence-corrected chi connectivity index (χ0v) is 12.6. The van der Waals surface area contributed by atoms with E-state index in [1.54, 1.807) is 0 Å². The minimum absolute atomic E-state index is 0.208. The zero-order chi connectivity index (χ0) is 13.9. The first kappa shape index (κ1) is 14.8. The first-order valence-corrected chi connectivity index (χ1v) is 6.69. The molecule has 0 radical (unpaired) electrons. The van der Waals surface area contributed by atoms with Crippen LogP contribution in [0.2, 0.25) is 0 Å². The van der Waals surface area contributed by atoms with Crippen LogP contribution >= 0.6 is 15.9 Å². The minimum atomic E-state index is -0.336. The summed E-state index contributed by atoms with van der Waals surface area (Å²) in [6, 6.07) is 3.84. The Balaban J connectivity index is 3.11. The second-order valence-corrected chi connectivity index (χ2v) is 5.76. The number of carbonyl (C=O) groups excluding carboxylic acids is 1. The number of carbonyl (C=O) groups is 1. The van der Waals surface area contributed by atoms with Crippen molar-refractivity contribution < 1.29 is 4.79 Å². The van der Waals surface area contributed by atoms with E-state index in [9.17, 15) is 4.79 Å². The molecule has 1 amide bonds. The Morgan fingerprint density at radius 3 is 2.56 bits per heavy atom. The molecular weight excluding hydrogens is 294 g/mol. The van der Waals surface area contributed by atoms with Crippen molar-refractivity contribution in [1.82, 2.24) is 0 Å². The highest BCUT2D eigenvalue weighted by Gasteiger charge is 2.15. The quantitative estimate of drug-likeness (QED) is 0.819. The summed E-state index contributed by atoms with van der Waals surface area (Å²) in [7, 11) is 0. The molecule has 0 aliphatic heterocycles. The van der Waals surface area contributed by atoms with Gasteiger partial charge in [-0.15, -0.1) is 0 Å². The van der Waals surface area contributed by atoms with E-state index in [1.807, 2.05) is 24.0 Å². The number of rotatable bonds is 5. The van der Waals surface area contributed by atoms with E-state index in [1.165, 1.54) is 0 Å². The van der Waals surface area contributed by atoms with Gasteiger partial charge in [0.1, 0.15) is 0 Å². The standard InChI is InChI=1S/C13H20BrN3O/c1-8(2)6-17(7-13(16)18)12-4-9(3)11(15)5-10(12)14/h4-5,8H,6-7,15H2,1-3H3,(H2,16,18). The molecule has 0 aliphatic carbocycles. The second-order valence-electron chi connectivity index (χ2n) is 4.90. The van der Waals surface area contributed by atoms with E-state index < -0.39 is 0 Å². The predicted molar refractivity (Wildman–Crippen MR) is 79.5 cm³/mol. The number of benzene rings is 1. The van der Waals surface area contributed by atoms with Crippen molar-refractivity contribution in [2.45, 2.75) is 20.8 Å². The van der Waals surface area contributed by atoms with Gasteiger partial charge >= 0.3 is 0 Å². The lowest BCUT2D eigenvalue weighted by atomic mass is 10.1. The third kappa shape index (κ3) is 3.91. The number of nitrogens with two attached hydrogens (primary N) is 2. The van der Waals surface area contributed by atoms with Gasteiger partial charge in [-0.25, -0.2) is 0 Å². The average Bonchev–Trinajstić information content (AvgIpc) is 2.21. The van der Waals surface area contributed by atoms with Gasteiger partial charge in [0, 0.05) is 16.7 Å².